The molecule has 0 spiro atoms. The summed E-state index contributed by atoms with van der Waals surface area (Å²) in [5.74, 6) is 0.574. The van der Waals surface area contributed by atoms with Gasteiger partial charge >= 0.3 is 0 Å². The normalized spacial score (nSPS) is 11.1. The van der Waals surface area contributed by atoms with E-state index in [1.165, 1.54) is 0 Å². The van der Waals surface area contributed by atoms with Crippen molar-refractivity contribution in [3.05, 3.63) is 29.8 Å². The molecule has 19 heavy (non-hydrogen) atoms. The van der Waals surface area contributed by atoms with Crippen molar-refractivity contribution in [2.45, 2.75) is 51.5 Å². The van der Waals surface area contributed by atoms with Gasteiger partial charge in [-0.15, -0.1) is 12.6 Å². The molecule has 1 amide bonds. The minimum Gasteiger partial charge on any atom is -0.335 e. The number of amides is 1. The van der Waals surface area contributed by atoms with Gasteiger partial charge in [-0.05, 0) is 30.9 Å². The van der Waals surface area contributed by atoms with E-state index in [4.69, 9.17) is 0 Å². The molecule has 0 bridgehead atoms. The molecule has 2 nitrogen and oxygen atoms in total. The fourth-order valence-corrected chi connectivity index (χ4v) is 2.59. The quantitative estimate of drug-likeness (QED) is 0.771. The number of thiol groups is 1. The molecule has 0 atom stereocenters. The zero-order valence-corrected chi connectivity index (χ0v) is 13.3. The highest BCUT2D eigenvalue weighted by molar-refractivity contribution is 7.80. The van der Waals surface area contributed by atoms with Gasteiger partial charge in [-0.3, -0.25) is 4.79 Å². The summed E-state index contributed by atoms with van der Waals surface area (Å²) in [4.78, 5) is 15.5. The molecule has 0 aliphatic heterocycles. The van der Waals surface area contributed by atoms with Crippen LogP contribution in [0.4, 0.5) is 0 Å². The summed E-state index contributed by atoms with van der Waals surface area (Å²) >= 11 is 4.40. The Hall–Kier alpha value is -0.960. The topological polar surface area (TPSA) is 20.3 Å². The summed E-state index contributed by atoms with van der Waals surface area (Å²) in [6.07, 6.45) is 1.98. The number of hydrogen-bond donors (Lipinski definition) is 1. The summed E-state index contributed by atoms with van der Waals surface area (Å²) in [7, 11) is 0. The molecule has 0 aliphatic carbocycles. The third kappa shape index (κ3) is 4.27. The largest absolute Gasteiger partial charge is 0.335 e. The molecule has 0 aromatic heterocycles. The Bertz CT molecular complexity index is 413. The van der Waals surface area contributed by atoms with Gasteiger partial charge in [0.15, 0.2) is 0 Å². The van der Waals surface area contributed by atoms with Crippen LogP contribution in [0, 0.1) is 5.92 Å². The van der Waals surface area contributed by atoms with Gasteiger partial charge in [0.25, 0.3) is 5.91 Å². The number of hydrogen-bond acceptors (Lipinski definition) is 2. The van der Waals surface area contributed by atoms with Gasteiger partial charge in [-0.25, -0.2) is 0 Å². The van der Waals surface area contributed by atoms with E-state index in [1.807, 2.05) is 29.2 Å². The number of rotatable bonds is 6. The van der Waals surface area contributed by atoms with Crippen LogP contribution in [-0.2, 0) is 0 Å². The maximum Gasteiger partial charge on any atom is 0.255 e. The average molecular weight is 279 g/mol. The van der Waals surface area contributed by atoms with Crippen LogP contribution < -0.4 is 0 Å². The summed E-state index contributed by atoms with van der Waals surface area (Å²) in [6.45, 7) is 9.38. The third-order valence-electron chi connectivity index (χ3n) is 3.34. The second-order valence-corrected chi connectivity index (χ2v) is 5.82. The standard InChI is InChI=1S/C16H25NOS/c1-5-13(6-2)17(11-12(3)4)16(18)14-9-7-8-10-15(14)19/h7-10,12-13,19H,5-6,11H2,1-4H3. The Kier molecular flexibility index (Phi) is 6.43. The van der Waals surface area contributed by atoms with Crippen LogP contribution >= 0.6 is 12.6 Å². The lowest BCUT2D eigenvalue weighted by Crippen LogP contribution is -2.42. The first kappa shape index (κ1) is 16.1. The third-order valence-corrected chi connectivity index (χ3v) is 3.73. The molecule has 1 rings (SSSR count). The van der Waals surface area contributed by atoms with Gasteiger partial charge in [-0.1, -0.05) is 39.8 Å². The van der Waals surface area contributed by atoms with Crippen LogP contribution in [0.3, 0.4) is 0 Å². The van der Waals surface area contributed by atoms with E-state index in [0.717, 1.165) is 24.3 Å². The zero-order chi connectivity index (χ0) is 14.4. The molecule has 1 aromatic rings. The first-order valence-electron chi connectivity index (χ1n) is 7.10. The second kappa shape index (κ2) is 7.59. The SMILES string of the molecule is CCC(CC)N(CC(C)C)C(=O)c1ccccc1S. The number of carbonyl (C=O) groups excluding carboxylic acids is 1. The number of nitrogens with zero attached hydrogens (tertiary/aromatic N) is 1. The van der Waals surface area contributed by atoms with E-state index in [9.17, 15) is 4.79 Å². The fraction of sp³-hybridized carbons (Fsp3) is 0.562. The molecule has 0 aliphatic rings. The van der Waals surface area contributed by atoms with E-state index in [1.54, 1.807) is 0 Å². The summed E-state index contributed by atoms with van der Waals surface area (Å²) in [5, 5.41) is 0. The Balaban J connectivity index is 3.03. The maximum atomic E-state index is 12.7. The van der Waals surface area contributed by atoms with Gasteiger partial charge < -0.3 is 4.90 Å². The maximum absolute atomic E-state index is 12.7. The van der Waals surface area contributed by atoms with E-state index in [-0.39, 0.29) is 5.91 Å². The molecule has 0 radical (unpaired) electrons. The van der Waals surface area contributed by atoms with Crippen LogP contribution in [-0.4, -0.2) is 23.4 Å². The molecule has 0 unspecified atom stereocenters. The molecular formula is C16H25NOS. The Labute approximate surface area is 122 Å². The average Bonchev–Trinajstić information content (AvgIpc) is 2.38. The van der Waals surface area contributed by atoms with Crippen molar-refractivity contribution >= 4 is 18.5 Å². The van der Waals surface area contributed by atoms with Gasteiger partial charge in [-0.2, -0.15) is 0 Å². The molecular weight excluding hydrogens is 254 g/mol. The minimum atomic E-state index is 0.105. The van der Waals surface area contributed by atoms with Crippen LogP contribution in [0.25, 0.3) is 0 Å². The summed E-state index contributed by atoms with van der Waals surface area (Å²) in [5.41, 5.74) is 0.707. The predicted molar refractivity (Wildman–Crippen MR) is 83.9 cm³/mol. The molecule has 0 saturated heterocycles. The molecule has 0 saturated carbocycles. The van der Waals surface area contributed by atoms with E-state index >= 15 is 0 Å². The molecule has 0 N–H and O–H groups in total. The van der Waals surface area contributed by atoms with Crippen molar-refractivity contribution < 1.29 is 4.79 Å². The molecule has 1 aromatic carbocycles. The monoisotopic (exact) mass is 279 g/mol. The van der Waals surface area contributed by atoms with Crippen molar-refractivity contribution in [3.8, 4) is 0 Å². The number of carbonyl (C=O) groups is 1. The van der Waals surface area contributed by atoms with E-state index in [0.29, 0.717) is 17.5 Å². The lowest BCUT2D eigenvalue weighted by atomic mass is 10.1. The highest BCUT2D eigenvalue weighted by Crippen LogP contribution is 2.20. The van der Waals surface area contributed by atoms with Crippen molar-refractivity contribution in [2.75, 3.05) is 6.54 Å². The van der Waals surface area contributed by atoms with Crippen molar-refractivity contribution in [1.29, 1.82) is 0 Å². The Morgan fingerprint density at radius 3 is 2.26 bits per heavy atom. The fourth-order valence-electron chi connectivity index (χ4n) is 2.33. The van der Waals surface area contributed by atoms with Gasteiger partial charge in [0, 0.05) is 17.5 Å². The smallest absolute Gasteiger partial charge is 0.255 e. The van der Waals surface area contributed by atoms with Gasteiger partial charge in [0.05, 0.1) is 5.56 Å². The molecule has 106 valence electrons. The predicted octanol–water partition coefficient (Wildman–Crippen LogP) is 4.26. The Morgan fingerprint density at radius 1 is 1.21 bits per heavy atom. The van der Waals surface area contributed by atoms with Crippen LogP contribution in [0.1, 0.15) is 50.9 Å². The lowest BCUT2D eigenvalue weighted by molar-refractivity contribution is 0.0637. The van der Waals surface area contributed by atoms with Crippen LogP contribution in [0.15, 0.2) is 29.2 Å². The Morgan fingerprint density at radius 2 is 1.79 bits per heavy atom. The van der Waals surface area contributed by atoms with Gasteiger partial charge in [0.1, 0.15) is 0 Å². The van der Waals surface area contributed by atoms with E-state index < -0.39 is 0 Å². The minimum absolute atomic E-state index is 0.105. The van der Waals surface area contributed by atoms with Crippen LogP contribution in [0.5, 0.6) is 0 Å². The van der Waals surface area contributed by atoms with Gasteiger partial charge in [0.2, 0.25) is 0 Å². The summed E-state index contributed by atoms with van der Waals surface area (Å²) < 4.78 is 0. The van der Waals surface area contributed by atoms with Crippen LogP contribution in [0.2, 0.25) is 0 Å². The lowest BCUT2D eigenvalue weighted by Gasteiger charge is -2.32. The van der Waals surface area contributed by atoms with Crippen molar-refractivity contribution in [2.24, 2.45) is 5.92 Å². The highest BCUT2D eigenvalue weighted by atomic mass is 32.1. The van der Waals surface area contributed by atoms with Crippen molar-refractivity contribution in [3.63, 3.8) is 0 Å². The molecule has 0 fully saturated rings. The first-order valence-corrected chi connectivity index (χ1v) is 7.54. The summed E-state index contributed by atoms with van der Waals surface area (Å²) in [6, 6.07) is 7.84. The number of benzene rings is 1. The zero-order valence-electron chi connectivity index (χ0n) is 12.4. The second-order valence-electron chi connectivity index (χ2n) is 5.34. The van der Waals surface area contributed by atoms with E-state index in [2.05, 4.69) is 40.3 Å². The molecule has 0 heterocycles. The molecule has 3 heteroatoms. The van der Waals surface area contributed by atoms with Crippen molar-refractivity contribution in [1.82, 2.24) is 4.90 Å². The first-order chi connectivity index (χ1) is 9.01. The highest BCUT2D eigenvalue weighted by Gasteiger charge is 2.24.